The van der Waals surface area contributed by atoms with Gasteiger partial charge in [0.1, 0.15) is 0 Å². The van der Waals surface area contributed by atoms with E-state index in [1.165, 1.54) is 0 Å². The minimum atomic E-state index is -4.98. The molecule has 0 bridgehead atoms. The molecule has 4 heteroatoms. The average Bonchev–Trinajstić information content (AvgIpc) is 2.49. The molecule has 134 valence electrons. The molecule has 0 radical (unpaired) electrons. The first kappa shape index (κ1) is 22.1. The zero-order chi connectivity index (χ0) is 16.8. The molecule has 0 amide bonds. The van der Waals surface area contributed by atoms with Crippen LogP contribution < -0.4 is 0 Å². The second-order valence-corrected chi connectivity index (χ2v) is 12.3. The molecule has 0 N–H and O–H groups in total. The molecule has 0 aromatic rings. The van der Waals surface area contributed by atoms with Crippen LogP contribution in [0.15, 0.2) is 0 Å². The van der Waals surface area contributed by atoms with E-state index in [-0.39, 0.29) is 0 Å². The monoisotopic (exact) mass is 354 g/mol. The summed E-state index contributed by atoms with van der Waals surface area (Å²) in [6, 6.07) is 0. The molecule has 0 aromatic carbocycles. The normalized spacial score (nSPS) is 12.7. The molecule has 0 rings (SSSR count). The summed E-state index contributed by atoms with van der Waals surface area (Å²) in [6.45, 7) is 6.85. The maximum atomic E-state index is 13.0. The van der Waals surface area contributed by atoms with Crippen LogP contribution in [0.5, 0.6) is 0 Å². The van der Waals surface area contributed by atoms with Gasteiger partial charge in [-0.2, -0.15) is 0 Å². The van der Waals surface area contributed by atoms with Crippen molar-refractivity contribution in [3.8, 4) is 0 Å². The molecule has 0 saturated heterocycles. The van der Waals surface area contributed by atoms with Crippen molar-refractivity contribution in [3.05, 3.63) is 0 Å². The van der Waals surface area contributed by atoms with Gasteiger partial charge in [0, 0.05) is 0 Å². The van der Waals surface area contributed by atoms with Crippen LogP contribution in [-0.2, 0) is 24.1 Å². The molecule has 22 heavy (non-hydrogen) atoms. The molecule has 0 aliphatic heterocycles. The van der Waals surface area contributed by atoms with Crippen LogP contribution in [0.2, 0.25) is 10.3 Å². The Morgan fingerprint density at radius 3 is 1.41 bits per heavy atom. The van der Waals surface area contributed by atoms with Crippen LogP contribution in [0.3, 0.4) is 0 Å². The quantitative estimate of drug-likeness (QED) is 0.284. The van der Waals surface area contributed by atoms with Crippen LogP contribution in [0.1, 0.15) is 97.8 Å². The summed E-state index contributed by atoms with van der Waals surface area (Å²) in [7, 11) is 0. The predicted molar refractivity (Wildman–Crippen MR) is 89.4 cm³/mol. The van der Waals surface area contributed by atoms with Crippen LogP contribution in [0, 0.1) is 0 Å². The van der Waals surface area contributed by atoms with E-state index in [0.29, 0.717) is 16.9 Å². The van der Waals surface area contributed by atoms with Crippen molar-refractivity contribution in [2.45, 2.75) is 108 Å². The first-order chi connectivity index (χ1) is 10.5. The number of rotatable bonds is 16. The predicted octanol–water partition coefficient (Wildman–Crippen LogP) is 6.88. The van der Waals surface area contributed by atoms with E-state index in [2.05, 4.69) is 20.8 Å². The Hall–Kier alpha value is 0.144. The van der Waals surface area contributed by atoms with E-state index < -0.39 is 13.1 Å². The van der Waals surface area contributed by atoms with Gasteiger partial charge >= 0.3 is 139 Å². The second kappa shape index (κ2) is 12.6. The molecule has 0 aliphatic rings. The molecule has 0 fully saturated rings. The molecule has 0 spiro atoms. The van der Waals surface area contributed by atoms with E-state index in [1.54, 1.807) is 0 Å². The third kappa shape index (κ3) is 11.7. The Bertz CT molecular complexity index is 350. The van der Waals surface area contributed by atoms with Gasteiger partial charge in [0.2, 0.25) is 0 Å². The van der Waals surface area contributed by atoms with Crippen molar-refractivity contribution >= 4 is 0 Å². The molecule has 0 heterocycles. The molecule has 3 nitrogen and oxygen atoms in total. The third-order valence-electron chi connectivity index (χ3n) is 4.26. The van der Waals surface area contributed by atoms with E-state index in [1.807, 2.05) is 0 Å². The van der Waals surface area contributed by atoms with Crippen molar-refractivity contribution in [1.82, 2.24) is 0 Å². The summed E-state index contributed by atoms with van der Waals surface area (Å²) in [4.78, 5) is 0. The zero-order valence-electron chi connectivity index (χ0n) is 15.3. The molecule has 0 unspecified atom stereocenters. The van der Waals surface area contributed by atoms with Crippen molar-refractivity contribution < 1.29 is 24.1 Å². The Morgan fingerprint density at radius 1 is 0.591 bits per heavy atom. The fourth-order valence-corrected chi connectivity index (χ4v) is 6.92. The Morgan fingerprint density at radius 2 is 1.00 bits per heavy atom. The van der Waals surface area contributed by atoms with Gasteiger partial charge in [-0.3, -0.25) is 0 Å². The van der Waals surface area contributed by atoms with Gasteiger partial charge in [-0.05, 0) is 0 Å². The number of hydrogen-bond donors (Lipinski definition) is 0. The SMILES string of the molecule is CCCCCC[O][V](=[O])(=[O])([CH2]CCCCC)[CH2]CCCCC. The van der Waals surface area contributed by atoms with Crippen LogP contribution in [0.4, 0.5) is 0 Å². The topological polar surface area (TPSA) is 43.4 Å². The Labute approximate surface area is 139 Å². The van der Waals surface area contributed by atoms with Gasteiger partial charge in [0.05, 0.1) is 0 Å². The van der Waals surface area contributed by atoms with Crippen molar-refractivity contribution in [3.63, 3.8) is 0 Å². The second-order valence-electron chi connectivity index (χ2n) is 6.68. The Balaban J connectivity index is 4.38. The standard InChI is InChI=1S/C6H13O.2C6H13.2O.V/c1-2-3-4-5-6-7;2*1-3-5-6-4-2;;;/h2-6H2,1H3;2*1,3-6H2,2H3;;;/q-1;;;;;+1. The number of hydrogen-bond acceptors (Lipinski definition) is 3. The minimum absolute atomic E-state index is 0.290. The molecular weight excluding hydrogens is 315 g/mol. The van der Waals surface area contributed by atoms with E-state index in [0.717, 1.165) is 77.0 Å². The summed E-state index contributed by atoms with van der Waals surface area (Å²) in [5.41, 5.74) is 0. The maximum absolute atomic E-state index is 13.0. The van der Waals surface area contributed by atoms with Gasteiger partial charge in [-0.15, -0.1) is 0 Å². The summed E-state index contributed by atoms with van der Waals surface area (Å²) >= 11 is -4.98. The van der Waals surface area contributed by atoms with E-state index in [9.17, 15) is 7.35 Å². The number of unbranched alkanes of at least 4 members (excludes halogenated alkanes) is 9. The average molecular weight is 354 g/mol. The van der Waals surface area contributed by atoms with Gasteiger partial charge in [-0.1, -0.05) is 0 Å². The molecule has 0 aliphatic carbocycles. The van der Waals surface area contributed by atoms with Crippen molar-refractivity contribution in [2.24, 2.45) is 0 Å². The van der Waals surface area contributed by atoms with Crippen LogP contribution in [-0.4, -0.2) is 6.61 Å². The van der Waals surface area contributed by atoms with E-state index in [4.69, 9.17) is 3.66 Å². The van der Waals surface area contributed by atoms with Gasteiger partial charge in [-0.25, -0.2) is 0 Å². The van der Waals surface area contributed by atoms with Crippen molar-refractivity contribution in [1.29, 1.82) is 0 Å². The van der Waals surface area contributed by atoms with Gasteiger partial charge in [0.15, 0.2) is 0 Å². The fraction of sp³-hybridized carbons (Fsp3) is 1.00. The van der Waals surface area contributed by atoms with E-state index >= 15 is 0 Å². The summed E-state index contributed by atoms with van der Waals surface area (Å²) in [5, 5.41) is 0.580. The molecule has 0 aromatic heterocycles. The zero-order valence-corrected chi connectivity index (χ0v) is 16.7. The van der Waals surface area contributed by atoms with Gasteiger partial charge < -0.3 is 0 Å². The molecule has 0 saturated carbocycles. The fourth-order valence-electron chi connectivity index (χ4n) is 2.73. The van der Waals surface area contributed by atoms with Crippen LogP contribution in [0.25, 0.3) is 0 Å². The summed E-state index contributed by atoms with van der Waals surface area (Å²) in [6.07, 6.45) is 12.3. The summed E-state index contributed by atoms with van der Waals surface area (Å²) in [5.74, 6) is 0. The Kier molecular flexibility index (Phi) is 12.6. The summed E-state index contributed by atoms with van der Waals surface area (Å²) < 4.78 is 31.7. The van der Waals surface area contributed by atoms with Crippen LogP contribution >= 0.6 is 0 Å². The van der Waals surface area contributed by atoms with Crippen molar-refractivity contribution in [2.75, 3.05) is 6.61 Å². The van der Waals surface area contributed by atoms with Gasteiger partial charge in [0.25, 0.3) is 0 Å². The third-order valence-corrected chi connectivity index (χ3v) is 9.13. The first-order valence-electron chi connectivity index (χ1n) is 9.59. The molecular formula is C18H39O3V. The molecule has 0 atom stereocenters. The first-order valence-corrected chi connectivity index (χ1v) is 13.3.